The number of para-hydroxylation sites is 1. The van der Waals surface area contributed by atoms with E-state index in [-0.39, 0.29) is 18.3 Å². The molecule has 3 heteroatoms. The predicted octanol–water partition coefficient (Wildman–Crippen LogP) is 11.7. The molecule has 0 saturated carbocycles. The minimum absolute atomic E-state index is 0.000515. The van der Waals surface area contributed by atoms with Gasteiger partial charge < -0.3 is 9.71 Å². The Balaban J connectivity index is 1.18. The molecule has 8 aromatic rings. The molecule has 2 unspecified atom stereocenters. The molecule has 0 bridgehead atoms. The lowest BCUT2D eigenvalue weighted by molar-refractivity contribution is 0.421. The van der Waals surface area contributed by atoms with E-state index in [2.05, 4.69) is 199 Å². The van der Waals surface area contributed by atoms with Gasteiger partial charge in [-0.05, 0) is 108 Å². The smallest absolute Gasteiger partial charge is 0.333 e. The van der Waals surface area contributed by atoms with Crippen molar-refractivity contribution in [3.8, 4) is 33.4 Å². The summed E-state index contributed by atoms with van der Waals surface area (Å²) in [5, 5.41) is 2.52. The van der Waals surface area contributed by atoms with Crippen LogP contribution in [0.15, 0.2) is 176 Å². The van der Waals surface area contributed by atoms with Crippen molar-refractivity contribution in [2.75, 3.05) is 9.71 Å². The lowest BCUT2D eigenvalue weighted by Crippen LogP contribution is -2.61. The van der Waals surface area contributed by atoms with E-state index in [1.165, 1.54) is 94.5 Å². The Kier molecular flexibility index (Phi) is 6.07. The number of anilines is 4. The van der Waals surface area contributed by atoms with Crippen molar-refractivity contribution in [1.29, 1.82) is 0 Å². The first-order valence-electron chi connectivity index (χ1n) is 19.3. The molecule has 2 atom stereocenters. The van der Waals surface area contributed by atoms with Crippen LogP contribution in [0.25, 0.3) is 44.2 Å². The molecule has 0 N–H and O–H groups in total. The predicted molar refractivity (Wildman–Crippen MR) is 227 cm³/mol. The van der Waals surface area contributed by atoms with Crippen LogP contribution in [0.1, 0.15) is 42.5 Å². The zero-order chi connectivity index (χ0) is 35.7. The first kappa shape index (κ1) is 30.2. The van der Waals surface area contributed by atoms with Gasteiger partial charge in [0.2, 0.25) is 0 Å². The minimum Gasteiger partial charge on any atom is -0.376 e. The third-order valence-corrected chi connectivity index (χ3v) is 13.0. The summed E-state index contributed by atoms with van der Waals surface area (Å²) >= 11 is 0. The molecule has 0 radical (unpaired) electrons. The number of hydrogen-bond donors (Lipinski definition) is 0. The van der Waals surface area contributed by atoms with Gasteiger partial charge >= 0.3 is 6.85 Å². The zero-order valence-electron chi connectivity index (χ0n) is 30.4. The molecule has 4 aliphatic rings. The largest absolute Gasteiger partial charge is 0.376 e. The van der Waals surface area contributed by atoms with E-state index in [9.17, 15) is 0 Å². The number of benzene rings is 8. The summed E-state index contributed by atoms with van der Waals surface area (Å²) < 4.78 is 0. The summed E-state index contributed by atoms with van der Waals surface area (Å²) in [6.45, 7) is 4.94. The van der Waals surface area contributed by atoms with Crippen molar-refractivity contribution in [1.82, 2.24) is 0 Å². The van der Waals surface area contributed by atoms with Crippen molar-refractivity contribution < 1.29 is 0 Å². The van der Waals surface area contributed by atoms with Gasteiger partial charge in [-0.25, -0.2) is 0 Å². The van der Waals surface area contributed by atoms with Gasteiger partial charge in [-0.15, -0.1) is 0 Å². The molecule has 12 rings (SSSR count). The van der Waals surface area contributed by atoms with E-state index in [0.29, 0.717) is 5.92 Å². The molecule has 0 spiro atoms. The summed E-state index contributed by atoms with van der Waals surface area (Å²) in [5.74, 6) is 0.338. The molecular formula is C51H37BN2. The van der Waals surface area contributed by atoms with Gasteiger partial charge in [0.15, 0.2) is 0 Å². The molecule has 2 nitrogen and oxygen atoms in total. The molecule has 254 valence electrons. The van der Waals surface area contributed by atoms with Crippen LogP contribution < -0.4 is 20.6 Å². The topological polar surface area (TPSA) is 6.48 Å². The molecule has 3 aliphatic heterocycles. The van der Waals surface area contributed by atoms with Crippen LogP contribution in [-0.2, 0) is 5.41 Å². The summed E-state index contributed by atoms with van der Waals surface area (Å²) in [4.78, 5) is 5.43. The number of fused-ring (bicyclic) bond motifs is 10. The quantitative estimate of drug-likeness (QED) is 0.171. The molecule has 0 aromatic heterocycles. The normalized spacial score (nSPS) is 17.9. The van der Waals surface area contributed by atoms with Crippen LogP contribution in [0.5, 0.6) is 0 Å². The Morgan fingerprint density at radius 1 is 0.500 bits per heavy atom. The second-order valence-corrected chi connectivity index (χ2v) is 16.1. The fraction of sp³-hybridized carbons (Fsp3) is 0.0980. The molecule has 8 aromatic carbocycles. The number of hydrogen-bond acceptors (Lipinski definition) is 2. The van der Waals surface area contributed by atoms with Gasteiger partial charge in [0, 0.05) is 34.2 Å². The SMILES string of the molecule is CC1(C)c2ccccc2C2C1c1cccc3c1N2c1cc(-c2ccccc2)cc2c1B3N(c1ccc(-c3ccccc3)cc1)c1cc3ccccc3cc1-2. The van der Waals surface area contributed by atoms with Gasteiger partial charge in [0.25, 0.3) is 0 Å². The highest BCUT2D eigenvalue weighted by Crippen LogP contribution is 2.65. The van der Waals surface area contributed by atoms with Crippen molar-refractivity contribution in [3.63, 3.8) is 0 Å². The molecule has 3 heterocycles. The Labute approximate surface area is 317 Å². The maximum Gasteiger partial charge on any atom is 0.333 e. The lowest BCUT2D eigenvalue weighted by atomic mass is 9.43. The standard InChI is InChI=1S/C51H37BN2/c1-51(2)43-22-12-11-20-39(43)50-47(51)40-21-13-23-44-49(40)53(50)46-31-37(33-16-7-4-8-17-33)29-42-41-28-35-18-9-10-19-36(35)30-45(41)54(52(44)48(42)46)38-26-24-34(25-27-38)32-14-5-3-6-15-32/h3-31,47,50H,1-2H3. The van der Waals surface area contributed by atoms with E-state index in [0.717, 1.165) is 0 Å². The Morgan fingerprint density at radius 2 is 1.13 bits per heavy atom. The van der Waals surface area contributed by atoms with Crippen LogP contribution in [0, 0.1) is 0 Å². The van der Waals surface area contributed by atoms with Crippen LogP contribution in [0.2, 0.25) is 0 Å². The summed E-state index contributed by atoms with van der Waals surface area (Å²) in [6.07, 6.45) is 0. The average molecular weight is 689 g/mol. The molecule has 54 heavy (non-hydrogen) atoms. The second kappa shape index (κ2) is 10.9. The monoisotopic (exact) mass is 688 g/mol. The number of nitrogens with zero attached hydrogens (tertiary/aromatic N) is 2. The van der Waals surface area contributed by atoms with E-state index in [1.807, 2.05) is 0 Å². The zero-order valence-corrected chi connectivity index (χ0v) is 30.4. The van der Waals surface area contributed by atoms with Gasteiger partial charge in [0.05, 0.1) is 6.04 Å². The van der Waals surface area contributed by atoms with Crippen LogP contribution in [-0.4, -0.2) is 6.85 Å². The van der Waals surface area contributed by atoms with Crippen molar-refractivity contribution in [2.45, 2.75) is 31.2 Å². The average Bonchev–Trinajstić information content (AvgIpc) is 3.70. The molecule has 0 saturated heterocycles. The summed E-state index contributed by atoms with van der Waals surface area (Å²) in [6, 6.07) is 66.4. The summed E-state index contributed by atoms with van der Waals surface area (Å²) in [5.41, 5.74) is 20.0. The summed E-state index contributed by atoms with van der Waals surface area (Å²) in [7, 11) is 0. The third kappa shape index (κ3) is 3.96. The Bertz CT molecular complexity index is 2820. The van der Waals surface area contributed by atoms with Crippen LogP contribution in [0.4, 0.5) is 22.7 Å². The van der Waals surface area contributed by atoms with E-state index < -0.39 is 0 Å². The highest BCUT2D eigenvalue weighted by atomic mass is 15.2. The van der Waals surface area contributed by atoms with Gasteiger partial charge in [-0.2, -0.15) is 0 Å². The van der Waals surface area contributed by atoms with Crippen molar-refractivity contribution in [2.24, 2.45) is 0 Å². The third-order valence-electron chi connectivity index (χ3n) is 13.0. The van der Waals surface area contributed by atoms with E-state index in [1.54, 1.807) is 0 Å². The fourth-order valence-electron chi connectivity index (χ4n) is 10.8. The van der Waals surface area contributed by atoms with Gasteiger partial charge in [-0.1, -0.05) is 153 Å². The van der Waals surface area contributed by atoms with Crippen LogP contribution in [0.3, 0.4) is 0 Å². The molecule has 0 amide bonds. The second-order valence-electron chi connectivity index (χ2n) is 16.1. The molecule has 1 aliphatic carbocycles. The van der Waals surface area contributed by atoms with Crippen LogP contribution >= 0.6 is 0 Å². The highest BCUT2D eigenvalue weighted by molar-refractivity contribution is 6.93. The first-order valence-corrected chi connectivity index (χ1v) is 19.3. The Morgan fingerprint density at radius 3 is 1.89 bits per heavy atom. The van der Waals surface area contributed by atoms with E-state index in [4.69, 9.17) is 0 Å². The van der Waals surface area contributed by atoms with E-state index >= 15 is 0 Å². The van der Waals surface area contributed by atoms with Crippen molar-refractivity contribution in [3.05, 3.63) is 193 Å². The van der Waals surface area contributed by atoms with Gasteiger partial charge in [-0.3, -0.25) is 0 Å². The maximum absolute atomic E-state index is 2.77. The molecular weight excluding hydrogens is 651 g/mol. The lowest BCUT2D eigenvalue weighted by Gasteiger charge is -2.46. The maximum atomic E-state index is 2.77. The fourth-order valence-corrected chi connectivity index (χ4v) is 10.8. The molecule has 0 fully saturated rings. The Hall–Kier alpha value is -6.32. The number of rotatable bonds is 3. The van der Waals surface area contributed by atoms with Gasteiger partial charge in [0.1, 0.15) is 0 Å². The highest BCUT2D eigenvalue weighted by Gasteiger charge is 2.58. The van der Waals surface area contributed by atoms with Crippen molar-refractivity contribution >= 4 is 51.3 Å². The minimum atomic E-state index is -0.0168. The first-order chi connectivity index (χ1) is 26.6.